The molecular formula is C14H20N2O2. The molecule has 0 amide bonds. The molecule has 1 aromatic rings. The molecule has 0 bridgehead atoms. The highest BCUT2D eigenvalue weighted by atomic mass is 16.5. The zero-order valence-corrected chi connectivity index (χ0v) is 11.4. The zero-order chi connectivity index (χ0) is 13.6. The number of methoxy groups -OCH3 is 2. The van der Waals surface area contributed by atoms with E-state index in [4.69, 9.17) is 9.47 Å². The van der Waals surface area contributed by atoms with Crippen LogP contribution in [0.1, 0.15) is 20.3 Å². The molecule has 4 nitrogen and oxygen atoms in total. The summed E-state index contributed by atoms with van der Waals surface area (Å²) in [6.45, 7) is 3.93. The first-order valence-corrected chi connectivity index (χ1v) is 5.86. The first-order valence-electron chi connectivity index (χ1n) is 5.86. The van der Waals surface area contributed by atoms with Gasteiger partial charge in [-0.15, -0.1) is 0 Å². The highest BCUT2D eigenvalue weighted by Gasteiger charge is 2.22. The lowest BCUT2D eigenvalue weighted by Crippen LogP contribution is -2.32. The van der Waals surface area contributed by atoms with Crippen LogP contribution >= 0.6 is 0 Å². The topological polar surface area (TPSA) is 54.3 Å². The molecule has 1 unspecified atom stereocenters. The van der Waals surface area contributed by atoms with Gasteiger partial charge in [0.15, 0.2) is 0 Å². The van der Waals surface area contributed by atoms with Crippen LogP contribution in [0, 0.1) is 11.3 Å². The lowest BCUT2D eigenvalue weighted by molar-refractivity contribution is 0.0148. The SMILES string of the molecule is COc1cccc(NC(C#N)CC(C)(C)OC)c1. The van der Waals surface area contributed by atoms with Gasteiger partial charge >= 0.3 is 0 Å². The molecule has 18 heavy (non-hydrogen) atoms. The number of nitrogens with one attached hydrogen (secondary N) is 1. The number of rotatable bonds is 6. The summed E-state index contributed by atoms with van der Waals surface area (Å²) in [5.41, 5.74) is 0.541. The summed E-state index contributed by atoms with van der Waals surface area (Å²) in [6.07, 6.45) is 0.608. The van der Waals surface area contributed by atoms with E-state index < -0.39 is 0 Å². The molecule has 0 saturated heterocycles. The Labute approximate surface area is 109 Å². The second kappa shape index (κ2) is 6.27. The summed E-state index contributed by atoms with van der Waals surface area (Å²) in [5.74, 6) is 0.766. The predicted molar refractivity (Wildman–Crippen MR) is 71.7 cm³/mol. The monoisotopic (exact) mass is 248 g/mol. The van der Waals surface area contributed by atoms with Gasteiger partial charge in [-0.05, 0) is 26.0 Å². The number of hydrogen-bond acceptors (Lipinski definition) is 4. The maximum atomic E-state index is 9.17. The van der Waals surface area contributed by atoms with E-state index in [-0.39, 0.29) is 11.6 Å². The lowest BCUT2D eigenvalue weighted by atomic mass is 9.99. The van der Waals surface area contributed by atoms with E-state index in [1.54, 1.807) is 14.2 Å². The third-order valence-corrected chi connectivity index (χ3v) is 2.81. The number of anilines is 1. The van der Waals surface area contributed by atoms with Crippen molar-refractivity contribution in [1.82, 2.24) is 0 Å². The van der Waals surface area contributed by atoms with Gasteiger partial charge in [-0.3, -0.25) is 0 Å². The largest absolute Gasteiger partial charge is 0.497 e. The maximum absolute atomic E-state index is 9.17. The van der Waals surface area contributed by atoms with Crippen LogP contribution in [0.3, 0.4) is 0 Å². The normalized spacial score (nSPS) is 12.6. The number of hydrogen-bond donors (Lipinski definition) is 1. The average Bonchev–Trinajstić information content (AvgIpc) is 2.38. The van der Waals surface area contributed by atoms with Crippen LogP contribution in [-0.2, 0) is 4.74 Å². The van der Waals surface area contributed by atoms with Crippen molar-refractivity contribution in [3.05, 3.63) is 24.3 Å². The molecule has 0 saturated carbocycles. The van der Waals surface area contributed by atoms with Crippen molar-refractivity contribution in [2.45, 2.75) is 31.9 Å². The molecule has 0 aromatic heterocycles. The van der Waals surface area contributed by atoms with E-state index >= 15 is 0 Å². The quantitative estimate of drug-likeness (QED) is 0.841. The van der Waals surface area contributed by atoms with Gasteiger partial charge in [0.2, 0.25) is 0 Å². The van der Waals surface area contributed by atoms with Crippen molar-refractivity contribution < 1.29 is 9.47 Å². The number of nitrogens with zero attached hydrogens (tertiary/aromatic N) is 1. The molecule has 98 valence electrons. The van der Waals surface area contributed by atoms with Gasteiger partial charge in [0.1, 0.15) is 11.8 Å². The standard InChI is InChI=1S/C14H20N2O2/c1-14(2,18-4)9-12(10-15)16-11-6-5-7-13(8-11)17-3/h5-8,12,16H,9H2,1-4H3. The fourth-order valence-electron chi connectivity index (χ4n) is 1.62. The molecule has 0 heterocycles. The number of nitriles is 1. The molecule has 1 N–H and O–H groups in total. The van der Waals surface area contributed by atoms with Crippen LogP contribution in [0.2, 0.25) is 0 Å². The molecule has 1 aromatic carbocycles. The molecule has 4 heteroatoms. The highest BCUT2D eigenvalue weighted by Crippen LogP contribution is 2.21. The summed E-state index contributed by atoms with van der Waals surface area (Å²) in [5, 5.41) is 12.3. The van der Waals surface area contributed by atoms with E-state index in [9.17, 15) is 5.26 Å². The summed E-state index contributed by atoms with van der Waals surface area (Å²) >= 11 is 0. The summed E-state index contributed by atoms with van der Waals surface area (Å²) in [6, 6.07) is 9.47. The maximum Gasteiger partial charge on any atom is 0.120 e. The molecule has 0 spiro atoms. The van der Waals surface area contributed by atoms with Crippen molar-refractivity contribution in [2.75, 3.05) is 19.5 Å². The average molecular weight is 248 g/mol. The van der Waals surface area contributed by atoms with E-state index in [0.29, 0.717) is 6.42 Å². The Morgan fingerprint density at radius 1 is 1.39 bits per heavy atom. The summed E-state index contributed by atoms with van der Waals surface area (Å²) in [4.78, 5) is 0. The molecule has 0 aliphatic rings. The van der Waals surface area contributed by atoms with Gasteiger partial charge in [-0.25, -0.2) is 0 Å². The van der Waals surface area contributed by atoms with Crippen molar-refractivity contribution >= 4 is 5.69 Å². The molecular weight excluding hydrogens is 228 g/mol. The fourth-order valence-corrected chi connectivity index (χ4v) is 1.62. The Hall–Kier alpha value is -1.73. The van der Waals surface area contributed by atoms with Crippen LogP contribution in [-0.4, -0.2) is 25.9 Å². The van der Waals surface area contributed by atoms with E-state index in [1.165, 1.54) is 0 Å². The van der Waals surface area contributed by atoms with Crippen LogP contribution in [0.25, 0.3) is 0 Å². The lowest BCUT2D eigenvalue weighted by Gasteiger charge is -2.26. The number of ether oxygens (including phenoxy) is 2. The first-order chi connectivity index (χ1) is 8.50. The minimum atomic E-state index is -0.327. The second-order valence-electron chi connectivity index (χ2n) is 4.73. The van der Waals surface area contributed by atoms with Gasteiger partial charge in [-0.2, -0.15) is 5.26 Å². The van der Waals surface area contributed by atoms with E-state index in [2.05, 4.69) is 11.4 Å². The van der Waals surface area contributed by atoms with Gasteiger partial charge in [0.25, 0.3) is 0 Å². The second-order valence-corrected chi connectivity index (χ2v) is 4.73. The minimum absolute atomic E-state index is 0.299. The van der Waals surface area contributed by atoms with Crippen LogP contribution in [0.15, 0.2) is 24.3 Å². The molecule has 1 atom stereocenters. The van der Waals surface area contributed by atoms with E-state index in [1.807, 2.05) is 38.1 Å². The first kappa shape index (κ1) is 14.3. The predicted octanol–water partition coefficient (Wildman–Crippen LogP) is 2.81. The van der Waals surface area contributed by atoms with Crippen LogP contribution in [0.5, 0.6) is 5.75 Å². The molecule has 0 radical (unpaired) electrons. The smallest absolute Gasteiger partial charge is 0.120 e. The van der Waals surface area contributed by atoms with Crippen molar-refractivity contribution in [3.8, 4) is 11.8 Å². The van der Waals surface area contributed by atoms with Crippen molar-refractivity contribution in [3.63, 3.8) is 0 Å². The Kier molecular flexibility index (Phi) is 4.99. The summed E-state index contributed by atoms with van der Waals surface area (Å²) in [7, 11) is 3.27. The Bertz CT molecular complexity index is 424. The fraction of sp³-hybridized carbons (Fsp3) is 0.500. The van der Waals surface area contributed by atoms with Gasteiger partial charge in [0.05, 0.1) is 18.8 Å². The molecule has 0 aliphatic heterocycles. The third kappa shape index (κ3) is 4.27. The zero-order valence-electron chi connectivity index (χ0n) is 11.4. The molecule has 0 fully saturated rings. The van der Waals surface area contributed by atoms with Crippen molar-refractivity contribution in [2.24, 2.45) is 0 Å². The highest BCUT2D eigenvalue weighted by molar-refractivity contribution is 5.49. The van der Waals surface area contributed by atoms with Crippen LogP contribution in [0.4, 0.5) is 5.69 Å². The Morgan fingerprint density at radius 3 is 2.67 bits per heavy atom. The van der Waals surface area contributed by atoms with Gasteiger partial charge < -0.3 is 14.8 Å². The Morgan fingerprint density at radius 2 is 2.11 bits per heavy atom. The minimum Gasteiger partial charge on any atom is -0.497 e. The van der Waals surface area contributed by atoms with Gasteiger partial charge in [-0.1, -0.05) is 6.07 Å². The van der Waals surface area contributed by atoms with Crippen LogP contribution < -0.4 is 10.1 Å². The van der Waals surface area contributed by atoms with Gasteiger partial charge in [0, 0.05) is 25.3 Å². The third-order valence-electron chi connectivity index (χ3n) is 2.81. The number of benzene rings is 1. The molecule has 0 aliphatic carbocycles. The van der Waals surface area contributed by atoms with E-state index in [0.717, 1.165) is 11.4 Å². The molecule has 1 rings (SSSR count). The Balaban J connectivity index is 2.71. The summed E-state index contributed by atoms with van der Waals surface area (Å²) < 4.78 is 10.5. The van der Waals surface area contributed by atoms with Crippen molar-refractivity contribution in [1.29, 1.82) is 5.26 Å².